The number of aliphatic hydroxyl groups is 1. The van der Waals surface area contributed by atoms with Crippen LogP contribution in [0.25, 0.3) is 0 Å². The molecule has 1 N–H and O–H groups in total. The minimum Gasteiger partial charge on any atom is -0.493 e. The van der Waals surface area contributed by atoms with E-state index in [0.29, 0.717) is 17.9 Å². The Balaban J connectivity index is 2.59. The quantitative estimate of drug-likeness (QED) is 0.608. The van der Waals surface area contributed by atoms with Crippen molar-refractivity contribution in [3.8, 4) is 11.5 Å². The van der Waals surface area contributed by atoms with E-state index >= 15 is 0 Å². The van der Waals surface area contributed by atoms with Crippen LogP contribution in [-0.4, -0.2) is 38.5 Å². The molecule has 1 aromatic carbocycles. The van der Waals surface area contributed by atoms with Gasteiger partial charge in [0.15, 0.2) is 11.5 Å². The summed E-state index contributed by atoms with van der Waals surface area (Å²) in [5.74, 6) is 0.896. The summed E-state index contributed by atoms with van der Waals surface area (Å²) >= 11 is 0. The van der Waals surface area contributed by atoms with Gasteiger partial charge in [0.05, 0.1) is 33.9 Å². The lowest BCUT2D eigenvalue weighted by atomic mass is 10.1. The highest BCUT2D eigenvalue weighted by Crippen LogP contribution is 2.27. The molecule has 0 aliphatic carbocycles. The highest BCUT2D eigenvalue weighted by atomic mass is 16.5. The van der Waals surface area contributed by atoms with E-state index in [4.69, 9.17) is 9.47 Å². The average Bonchev–Trinajstić information content (AvgIpc) is 2.46. The number of benzene rings is 1. The average molecular weight is 280 g/mol. The largest absolute Gasteiger partial charge is 0.493 e. The maximum atomic E-state index is 11.0. The molecule has 0 amide bonds. The van der Waals surface area contributed by atoms with Crippen LogP contribution in [0.15, 0.2) is 30.4 Å². The molecule has 0 spiro atoms. The molecule has 110 valence electrons. The zero-order valence-electron chi connectivity index (χ0n) is 12.0. The molecule has 1 aromatic rings. The molecule has 0 saturated carbocycles. The zero-order valence-corrected chi connectivity index (χ0v) is 12.0. The molecule has 0 saturated heterocycles. The third kappa shape index (κ3) is 4.93. The van der Waals surface area contributed by atoms with E-state index in [1.165, 1.54) is 7.11 Å². The van der Waals surface area contributed by atoms with Crippen molar-refractivity contribution in [1.29, 1.82) is 0 Å². The lowest BCUT2D eigenvalue weighted by molar-refractivity contribution is -0.142. The van der Waals surface area contributed by atoms with Gasteiger partial charge >= 0.3 is 5.97 Å². The van der Waals surface area contributed by atoms with Gasteiger partial charge in [-0.15, -0.1) is 0 Å². The minimum atomic E-state index is -0.831. The van der Waals surface area contributed by atoms with Crippen LogP contribution >= 0.6 is 0 Å². The molecule has 0 unspecified atom stereocenters. The van der Waals surface area contributed by atoms with Gasteiger partial charge in [-0.05, 0) is 24.1 Å². The fourth-order valence-corrected chi connectivity index (χ4v) is 1.69. The van der Waals surface area contributed by atoms with Crippen molar-refractivity contribution in [2.75, 3.05) is 21.3 Å². The van der Waals surface area contributed by atoms with Crippen LogP contribution in [-0.2, 0) is 16.0 Å². The lowest BCUT2D eigenvalue weighted by Gasteiger charge is -2.08. The standard InChI is InChI=1S/C15H20O5/c1-18-13-8-7-11(9-14(13)19-2)5-4-6-12(16)10-15(17)20-3/h4,6-9,12,16H,5,10H2,1-3H3/b6-4+/t12-/m0/s1. The predicted molar refractivity (Wildman–Crippen MR) is 75.0 cm³/mol. The second-order valence-electron chi connectivity index (χ2n) is 4.17. The number of carbonyl (C=O) groups is 1. The summed E-state index contributed by atoms with van der Waals surface area (Å²) < 4.78 is 14.8. The van der Waals surface area contributed by atoms with Gasteiger partial charge in [-0.1, -0.05) is 18.2 Å². The molecule has 0 aliphatic rings. The smallest absolute Gasteiger partial charge is 0.308 e. The van der Waals surface area contributed by atoms with Crippen molar-refractivity contribution >= 4 is 5.97 Å². The van der Waals surface area contributed by atoms with Crippen molar-refractivity contribution in [3.05, 3.63) is 35.9 Å². The molecular weight excluding hydrogens is 260 g/mol. The fourth-order valence-electron chi connectivity index (χ4n) is 1.69. The molecule has 0 aromatic heterocycles. The monoisotopic (exact) mass is 280 g/mol. The lowest BCUT2D eigenvalue weighted by Crippen LogP contribution is -2.11. The number of allylic oxidation sites excluding steroid dienone is 1. The van der Waals surface area contributed by atoms with Crippen LogP contribution in [0.2, 0.25) is 0 Å². The van der Waals surface area contributed by atoms with E-state index in [1.54, 1.807) is 26.4 Å². The number of methoxy groups -OCH3 is 3. The SMILES string of the molecule is COC(=O)C[C@@H](O)/C=C/Cc1ccc(OC)c(OC)c1. The van der Waals surface area contributed by atoms with Gasteiger partial charge in [-0.25, -0.2) is 0 Å². The van der Waals surface area contributed by atoms with Crippen LogP contribution in [0.5, 0.6) is 11.5 Å². The summed E-state index contributed by atoms with van der Waals surface area (Å²) in [6, 6.07) is 5.61. The second kappa shape index (κ2) is 8.22. The molecule has 1 atom stereocenters. The molecular formula is C15H20O5. The number of aliphatic hydroxyl groups excluding tert-OH is 1. The van der Waals surface area contributed by atoms with Gasteiger partial charge in [0, 0.05) is 0 Å². The fraction of sp³-hybridized carbons (Fsp3) is 0.400. The predicted octanol–water partition coefficient (Wildman–Crippen LogP) is 1.73. The molecule has 0 radical (unpaired) electrons. The van der Waals surface area contributed by atoms with Crippen LogP contribution in [0.4, 0.5) is 0 Å². The highest BCUT2D eigenvalue weighted by molar-refractivity contribution is 5.70. The summed E-state index contributed by atoms with van der Waals surface area (Å²) in [6.07, 6.45) is 3.13. The van der Waals surface area contributed by atoms with Gasteiger partial charge in [0.25, 0.3) is 0 Å². The van der Waals surface area contributed by atoms with Gasteiger partial charge in [0.1, 0.15) is 0 Å². The first-order valence-corrected chi connectivity index (χ1v) is 6.23. The normalized spacial score (nSPS) is 12.2. The third-order valence-electron chi connectivity index (χ3n) is 2.76. The molecule has 20 heavy (non-hydrogen) atoms. The Bertz CT molecular complexity index is 467. The van der Waals surface area contributed by atoms with Gasteiger partial charge in [-0.3, -0.25) is 4.79 Å². The van der Waals surface area contributed by atoms with Gasteiger partial charge in [0.2, 0.25) is 0 Å². The van der Waals surface area contributed by atoms with Crippen LogP contribution in [0.1, 0.15) is 12.0 Å². The Hall–Kier alpha value is -2.01. The van der Waals surface area contributed by atoms with Crippen molar-refractivity contribution in [2.24, 2.45) is 0 Å². The molecule has 1 rings (SSSR count). The first-order valence-electron chi connectivity index (χ1n) is 6.23. The molecule has 5 heteroatoms. The topological polar surface area (TPSA) is 65.0 Å². The van der Waals surface area contributed by atoms with Crippen LogP contribution in [0, 0.1) is 0 Å². The number of hydrogen-bond acceptors (Lipinski definition) is 5. The maximum Gasteiger partial charge on any atom is 0.308 e. The maximum absolute atomic E-state index is 11.0. The van der Waals surface area contributed by atoms with E-state index in [1.807, 2.05) is 18.2 Å². The van der Waals surface area contributed by atoms with E-state index < -0.39 is 12.1 Å². The van der Waals surface area contributed by atoms with Crippen LogP contribution < -0.4 is 9.47 Å². The number of carbonyl (C=O) groups excluding carboxylic acids is 1. The summed E-state index contributed by atoms with van der Waals surface area (Å²) in [5, 5.41) is 9.58. The number of esters is 1. The van der Waals surface area contributed by atoms with E-state index in [0.717, 1.165) is 5.56 Å². The number of hydrogen-bond donors (Lipinski definition) is 1. The summed E-state index contributed by atoms with van der Waals surface area (Å²) in [4.78, 5) is 11.0. The molecule has 5 nitrogen and oxygen atoms in total. The van der Waals surface area contributed by atoms with Crippen LogP contribution in [0.3, 0.4) is 0 Å². The van der Waals surface area contributed by atoms with Gasteiger partial charge in [-0.2, -0.15) is 0 Å². The third-order valence-corrected chi connectivity index (χ3v) is 2.76. The first-order chi connectivity index (χ1) is 9.60. The van der Waals surface area contributed by atoms with E-state index in [-0.39, 0.29) is 6.42 Å². The Kier molecular flexibility index (Phi) is 6.59. The van der Waals surface area contributed by atoms with Crippen molar-refractivity contribution < 1.29 is 24.1 Å². The first kappa shape index (κ1) is 16.0. The van der Waals surface area contributed by atoms with E-state index in [9.17, 15) is 9.90 Å². The zero-order chi connectivity index (χ0) is 15.0. The van der Waals surface area contributed by atoms with Crippen molar-refractivity contribution in [3.63, 3.8) is 0 Å². The van der Waals surface area contributed by atoms with Crippen molar-refractivity contribution in [1.82, 2.24) is 0 Å². The number of rotatable bonds is 7. The second-order valence-corrected chi connectivity index (χ2v) is 4.17. The molecule has 0 aliphatic heterocycles. The number of ether oxygens (including phenoxy) is 3. The van der Waals surface area contributed by atoms with Gasteiger partial charge < -0.3 is 19.3 Å². The Morgan fingerprint density at radius 3 is 2.55 bits per heavy atom. The van der Waals surface area contributed by atoms with Crippen molar-refractivity contribution in [2.45, 2.75) is 18.9 Å². The molecule has 0 fully saturated rings. The summed E-state index contributed by atoms with van der Waals surface area (Å²) in [7, 11) is 4.46. The highest BCUT2D eigenvalue weighted by Gasteiger charge is 2.07. The Labute approximate surface area is 118 Å². The molecule has 0 bridgehead atoms. The summed E-state index contributed by atoms with van der Waals surface area (Å²) in [6.45, 7) is 0. The Morgan fingerprint density at radius 1 is 1.25 bits per heavy atom. The molecule has 0 heterocycles. The summed E-state index contributed by atoms with van der Waals surface area (Å²) in [5.41, 5.74) is 1.02. The Morgan fingerprint density at radius 2 is 1.95 bits per heavy atom. The minimum absolute atomic E-state index is 0.0427. The van der Waals surface area contributed by atoms with E-state index in [2.05, 4.69) is 4.74 Å².